The van der Waals surface area contributed by atoms with Crippen LogP contribution in [-0.2, 0) is 9.59 Å². The molecule has 3 atom stereocenters. The molecular weight excluding hydrogens is 304 g/mol. The lowest BCUT2D eigenvalue weighted by Crippen LogP contribution is -2.40. The molecule has 4 nitrogen and oxygen atoms in total. The molecule has 0 heterocycles. The van der Waals surface area contributed by atoms with E-state index in [1.807, 2.05) is 6.92 Å². The number of ketones is 2. The zero-order valence-electron chi connectivity index (χ0n) is 15.4. The first-order valence-corrected chi connectivity index (χ1v) is 8.51. The number of aliphatic hydroxyl groups excluding tert-OH is 1. The molecule has 0 bridgehead atoms. The molecule has 24 heavy (non-hydrogen) atoms. The van der Waals surface area contributed by atoms with Gasteiger partial charge in [0.1, 0.15) is 6.10 Å². The lowest BCUT2D eigenvalue weighted by atomic mass is 9.75. The molecule has 134 valence electrons. The van der Waals surface area contributed by atoms with E-state index in [-0.39, 0.29) is 17.5 Å². The third-order valence-corrected chi connectivity index (χ3v) is 4.56. The van der Waals surface area contributed by atoms with E-state index in [2.05, 4.69) is 0 Å². The smallest absolute Gasteiger partial charge is 0.188 e. The molecule has 1 aliphatic carbocycles. The Kier molecular flexibility index (Phi) is 7.30. The van der Waals surface area contributed by atoms with Crippen LogP contribution in [0.15, 0.2) is 34.9 Å². The van der Waals surface area contributed by atoms with E-state index in [0.717, 1.165) is 17.6 Å². The first-order chi connectivity index (χ1) is 11.0. The average Bonchev–Trinajstić information content (AvgIpc) is 2.44. The van der Waals surface area contributed by atoms with Gasteiger partial charge in [-0.05, 0) is 78.0 Å². The highest BCUT2D eigenvalue weighted by Crippen LogP contribution is 2.32. The van der Waals surface area contributed by atoms with E-state index >= 15 is 0 Å². The lowest BCUT2D eigenvalue weighted by Gasteiger charge is -2.33. The summed E-state index contributed by atoms with van der Waals surface area (Å²) < 4.78 is 0. The van der Waals surface area contributed by atoms with E-state index in [0.29, 0.717) is 24.8 Å². The minimum Gasteiger partial charge on any atom is -0.389 e. The predicted molar refractivity (Wildman–Crippen MR) is 95.5 cm³/mol. The maximum absolute atomic E-state index is 12.1. The van der Waals surface area contributed by atoms with Gasteiger partial charge < -0.3 is 10.2 Å². The predicted octanol–water partition coefficient (Wildman–Crippen LogP) is 3.29. The molecular formula is C20H30O4. The summed E-state index contributed by atoms with van der Waals surface area (Å²) in [4.78, 5) is 23.9. The zero-order chi connectivity index (χ0) is 18.5. The molecule has 0 aromatic carbocycles. The van der Waals surface area contributed by atoms with Gasteiger partial charge in [-0.2, -0.15) is 0 Å². The van der Waals surface area contributed by atoms with E-state index in [9.17, 15) is 19.8 Å². The fourth-order valence-electron chi connectivity index (χ4n) is 3.01. The van der Waals surface area contributed by atoms with Gasteiger partial charge in [0.25, 0.3) is 0 Å². The summed E-state index contributed by atoms with van der Waals surface area (Å²) in [5, 5.41) is 20.7. The molecule has 1 aliphatic rings. The van der Waals surface area contributed by atoms with Crippen molar-refractivity contribution >= 4 is 11.6 Å². The normalized spacial score (nSPS) is 22.5. The summed E-state index contributed by atoms with van der Waals surface area (Å²) in [7, 11) is 0. The molecule has 0 aliphatic heterocycles. The first kappa shape index (κ1) is 20.5. The van der Waals surface area contributed by atoms with Crippen LogP contribution in [-0.4, -0.2) is 33.5 Å². The summed E-state index contributed by atoms with van der Waals surface area (Å²) in [5.74, 6) is -0.728. The van der Waals surface area contributed by atoms with Gasteiger partial charge in [0, 0.05) is 0 Å². The van der Waals surface area contributed by atoms with Crippen molar-refractivity contribution in [2.45, 2.75) is 72.0 Å². The second-order valence-corrected chi connectivity index (χ2v) is 7.35. The highest BCUT2D eigenvalue weighted by atomic mass is 16.3. The Morgan fingerprint density at radius 2 is 2.04 bits per heavy atom. The fraction of sp³-hybridized carbons (Fsp3) is 0.600. The number of rotatable bonds is 7. The highest BCUT2D eigenvalue weighted by Gasteiger charge is 2.37. The van der Waals surface area contributed by atoms with Crippen molar-refractivity contribution in [3.05, 3.63) is 34.9 Å². The zero-order valence-corrected chi connectivity index (χ0v) is 15.4. The van der Waals surface area contributed by atoms with Gasteiger partial charge in [-0.25, -0.2) is 0 Å². The van der Waals surface area contributed by atoms with Gasteiger partial charge in [0.05, 0.1) is 11.5 Å². The Bertz CT molecular complexity index is 574. The SMILES string of the molecule is CC(C)=CC(=O)C(O)C(C)=CCCC(C)(O)C1CCC(C)=CC1=O. The van der Waals surface area contributed by atoms with E-state index in [1.54, 1.807) is 39.8 Å². The molecule has 0 radical (unpaired) electrons. The maximum atomic E-state index is 12.1. The van der Waals surface area contributed by atoms with Crippen LogP contribution < -0.4 is 0 Å². The minimum atomic E-state index is -1.15. The number of carbonyl (C=O) groups is 2. The van der Waals surface area contributed by atoms with Crippen LogP contribution in [0.3, 0.4) is 0 Å². The Morgan fingerprint density at radius 3 is 2.58 bits per heavy atom. The number of hydrogen-bond donors (Lipinski definition) is 2. The summed E-state index contributed by atoms with van der Waals surface area (Å²) in [5.41, 5.74) is 1.39. The number of aliphatic hydroxyl groups is 2. The number of carbonyl (C=O) groups excluding carboxylic acids is 2. The van der Waals surface area contributed by atoms with Crippen LogP contribution in [0.4, 0.5) is 0 Å². The maximum Gasteiger partial charge on any atom is 0.188 e. The molecule has 2 N–H and O–H groups in total. The lowest BCUT2D eigenvalue weighted by molar-refractivity contribution is -0.128. The largest absolute Gasteiger partial charge is 0.389 e. The first-order valence-electron chi connectivity index (χ1n) is 8.51. The summed E-state index contributed by atoms with van der Waals surface area (Å²) in [6.45, 7) is 8.93. The van der Waals surface area contributed by atoms with Crippen LogP contribution in [0.2, 0.25) is 0 Å². The monoisotopic (exact) mass is 334 g/mol. The topological polar surface area (TPSA) is 74.6 Å². The molecule has 0 spiro atoms. The highest BCUT2D eigenvalue weighted by molar-refractivity contribution is 5.96. The standard InChI is InChI=1S/C20H30O4/c1-13(2)11-18(22)19(23)15(4)7-6-10-20(5,24)16-9-8-14(3)12-17(16)21/h7,11-12,16,19,23-24H,6,8-10H2,1-5H3. The Hall–Kier alpha value is -1.52. The Labute approximate surface area is 145 Å². The van der Waals surface area contributed by atoms with E-state index < -0.39 is 11.7 Å². The van der Waals surface area contributed by atoms with Gasteiger partial charge in [-0.15, -0.1) is 0 Å². The Morgan fingerprint density at radius 1 is 1.42 bits per heavy atom. The Balaban J connectivity index is 2.66. The molecule has 0 saturated heterocycles. The van der Waals surface area contributed by atoms with E-state index in [4.69, 9.17) is 0 Å². The molecule has 0 amide bonds. The molecule has 0 aromatic heterocycles. The van der Waals surface area contributed by atoms with Gasteiger partial charge >= 0.3 is 0 Å². The molecule has 4 heteroatoms. The van der Waals surface area contributed by atoms with Gasteiger partial charge in [-0.3, -0.25) is 9.59 Å². The summed E-state index contributed by atoms with van der Waals surface area (Å²) in [6, 6.07) is 0. The second kappa shape index (κ2) is 8.54. The molecule has 0 saturated carbocycles. The molecule has 0 aromatic rings. The van der Waals surface area contributed by atoms with Crippen molar-refractivity contribution in [3.63, 3.8) is 0 Å². The second-order valence-electron chi connectivity index (χ2n) is 7.35. The minimum absolute atomic E-state index is 0.0109. The fourth-order valence-corrected chi connectivity index (χ4v) is 3.01. The quantitative estimate of drug-likeness (QED) is 0.553. The van der Waals surface area contributed by atoms with Crippen LogP contribution >= 0.6 is 0 Å². The third kappa shape index (κ3) is 5.84. The summed E-state index contributed by atoms with van der Waals surface area (Å²) in [6.07, 6.45) is 6.09. The van der Waals surface area contributed by atoms with Crippen molar-refractivity contribution in [2.75, 3.05) is 0 Å². The van der Waals surface area contributed by atoms with Crippen LogP contribution in [0.1, 0.15) is 60.3 Å². The number of allylic oxidation sites excluding steroid dienone is 4. The van der Waals surface area contributed by atoms with Crippen LogP contribution in [0.5, 0.6) is 0 Å². The molecule has 0 fully saturated rings. The van der Waals surface area contributed by atoms with Gasteiger partial charge in [0.2, 0.25) is 0 Å². The van der Waals surface area contributed by atoms with Crippen LogP contribution in [0.25, 0.3) is 0 Å². The van der Waals surface area contributed by atoms with E-state index in [1.165, 1.54) is 6.08 Å². The average molecular weight is 334 g/mol. The van der Waals surface area contributed by atoms with Crippen molar-refractivity contribution in [1.29, 1.82) is 0 Å². The van der Waals surface area contributed by atoms with Crippen molar-refractivity contribution in [2.24, 2.45) is 5.92 Å². The molecule has 1 rings (SSSR count). The van der Waals surface area contributed by atoms with Gasteiger partial charge in [-0.1, -0.05) is 17.2 Å². The van der Waals surface area contributed by atoms with Crippen LogP contribution in [0, 0.1) is 5.92 Å². The van der Waals surface area contributed by atoms with Gasteiger partial charge in [0.15, 0.2) is 11.6 Å². The van der Waals surface area contributed by atoms with Crippen molar-refractivity contribution < 1.29 is 19.8 Å². The van der Waals surface area contributed by atoms with Crippen molar-refractivity contribution in [1.82, 2.24) is 0 Å². The third-order valence-electron chi connectivity index (χ3n) is 4.56. The number of hydrogen-bond acceptors (Lipinski definition) is 4. The molecule has 3 unspecified atom stereocenters. The van der Waals surface area contributed by atoms with Crippen molar-refractivity contribution in [3.8, 4) is 0 Å². The summed E-state index contributed by atoms with van der Waals surface area (Å²) >= 11 is 0.